The van der Waals surface area contributed by atoms with Crippen molar-refractivity contribution >= 4 is 5.91 Å². The molecule has 204 valence electrons. The Morgan fingerprint density at radius 1 is 0.795 bits per heavy atom. The van der Waals surface area contributed by atoms with Crippen molar-refractivity contribution in [1.82, 2.24) is 9.88 Å². The lowest BCUT2D eigenvalue weighted by Crippen LogP contribution is -2.35. The molecule has 4 nitrogen and oxygen atoms in total. The average Bonchev–Trinajstić information content (AvgIpc) is 3.35. The van der Waals surface area contributed by atoms with Crippen molar-refractivity contribution in [2.45, 2.75) is 84.3 Å². The molecule has 4 aromatic rings. The zero-order valence-electron chi connectivity index (χ0n) is 24.4. The summed E-state index contributed by atoms with van der Waals surface area (Å²) in [5.74, 6) is 0.0480. The Morgan fingerprint density at radius 3 is 1.92 bits per heavy atom. The van der Waals surface area contributed by atoms with Crippen LogP contribution in [0.4, 0.5) is 0 Å². The summed E-state index contributed by atoms with van der Waals surface area (Å²) in [4.78, 5) is 13.7. The van der Waals surface area contributed by atoms with Crippen molar-refractivity contribution in [3.05, 3.63) is 125 Å². The van der Waals surface area contributed by atoms with Gasteiger partial charge in [0, 0.05) is 13.0 Å². The molecule has 0 saturated heterocycles. The largest absolute Gasteiger partial charge is 0.348 e. The van der Waals surface area contributed by atoms with Gasteiger partial charge in [0.15, 0.2) is 6.04 Å². The Kier molecular flexibility index (Phi) is 8.74. The standard InChI is InChI=1S/C35H43N3O/c1-34(2,3)30-21-29(22-31(23-30)35(4,5)6)24-36-33(39)32(18-17-27-13-9-7-10-14-27)38-20-19-37(26-38)25-28-15-11-8-12-16-28/h7-16,19-23,26,32H,17-18,24-25H2,1-6H3/p+1/t32-/m0/s1. The third-order valence-electron chi connectivity index (χ3n) is 7.32. The van der Waals surface area contributed by atoms with Crippen LogP contribution in [0.1, 0.15) is 81.8 Å². The van der Waals surface area contributed by atoms with E-state index in [4.69, 9.17) is 0 Å². The number of carbonyl (C=O) groups is 1. The van der Waals surface area contributed by atoms with Gasteiger partial charge in [0.25, 0.3) is 5.91 Å². The van der Waals surface area contributed by atoms with Crippen LogP contribution in [0.2, 0.25) is 0 Å². The maximum atomic E-state index is 13.7. The fourth-order valence-electron chi connectivity index (χ4n) is 4.81. The molecule has 0 aliphatic rings. The quantitative estimate of drug-likeness (QED) is 0.238. The zero-order valence-corrected chi connectivity index (χ0v) is 24.4. The third kappa shape index (κ3) is 7.92. The molecule has 39 heavy (non-hydrogen) atoms. The number of nitrogens with one attached hydrogen (secondary N) is 1. The van der Waals surface area contributed by atoms with E-state index in [9.17, 15) is 4.79 Å². The molecule has 0 aliphatic carbocycles. The maximum Gasteiger partial charge on any atom is 0.265 e. The molecular weight excluding hydrogens is 478 g/mol. The van der Waals surface area contributed by atoms with E-state index in [-0.39, 0.29) is 22.8 Å². The van der Waals surface area contributed by atoms with E-state index in [1.807, 2.05) is 18.3 Å². The Morgan fingerprint density at radius 2 is 1.36 bits per heavy atom. The van der Waals surface area contributed by atoms with Crippen LogP contribution in [0.15, 0.2) is 97.6 Å². The minimum Gasteiger partial charge on any atom is -0.348 e. The summed E-state index contributed by atoms with van der Waals surface area (Å²) in [7, 11) is 0. The number of rotatable bonds is 9. The van der Waals surface area contributed by atoms with E-state index in [1.165, 1.54) is 22.3 Å². The molecule has 0 aliphatic heterocycles. The second-order valence-corrected chi connectivity index (χ2v) is 12.7. The summed E-state index contributed by atoms with van der Waals surface area (Å²) in [5, 5.41) is 3.28. The van der Waals surface area contributed by atoms with Crippen molar-refractivity contribution in [3.63, 3.8) is 0 Å². The van der Waals surface area contributed by atoms with Gasteiger partial charge in [-0.3, -0.25) is 4.79 Å². The van der Waals surface area contributed by atoms with Gasteiger partial charge in [-0.15, -0.1) is 0 Å². The van der Waals surface area contributed by atoms with Crippen LogP contribution in [0, 0.1) is 0 Å². The molecule has 0 bridgehead atoms. The van der Waals surface area contributed by atoms with Gasteiger partial charge in [0.05, 0.1) is 0 Å². The summed E-state index contributed by atoms with van der Waals surface area (Å²) in [6.45, 7) is 14.7. The van der Waals surface area contributed by atoms with Gasteiger partial charge in [-0.1, -0.05) is 120 Å². The molecule has 1 atom stereocenters. The van der Waals surface area contributed by atoms with Gasteiger partial charge in [0.1, 0.15) is 18.9 Å². The van der Waals surface area contributed by atoms with E-state index in [0.29, 0.717) is 6.54 Å². The highest BCUT2D eigenvalue weighted by atomic mass is 16.2. The lowest BCUT2D eigenvalue weighted by atomic mass is 9.79. The first-order chi connectivity index (χ1) is 18.5. The van der Waals surface area contributed by atoms with Gasteiger partial charge in [-0.25, -0.2) is 9.13 Å². The lowest BCUT2D eigenvalue weighted by Gasteiger charge is -2.26. The van der Waals surface area contributed by atoms with Crippen LogP contribution in [0.5, 0.6) is 0 Å². The number of aromatic nitrogens is 2. The monoisotopic (exact) mass is 522 g/mol. The van der Waals surface area contributed by atoms with Crippen LogP contribution in [-0.2, 0) is 35.1 Å². The molecule has 4 rings (SSSR count). The molecule has 0 unspecified atom stereocenters. The van der Waals surface area contributed by atoms with Crippen molar-refractivity contribution in [2.24, 2.45) is 0 Å². The fourth-order valence-corrected chi connectivity index (χ4v) is 4.81. The highest BCUT2D eigenvalue weighted by Crippen LogP contribution is 2.30. The van der Waals surface area contributed by atoms with E-state index in [1.54, 1.807) is 0 Å². The smallest absolute Gasteiger partial charge is 0.265 e. The number of aryl methyl sites for hydroxylation is 1. The first-order valence-electron chi connectivity index (χ1n) is 14.1. The summed E-state index contributed by atoms with van der Waals surface area (Å²) < 4.78 is 4.20. The predicted octanol–water partition coefficient (Wildman–Crippen LogP) is 6.91. The summed E-state index contributed by atoms with van der Waals surface area (Å²) >= 11 is 0. The van der Waals surface area contributed by atoms with Crippen molar-refractivity contribution in [1.29, 1.82) is 0 Å². The Bertz CT molecular complexity index is 1330. The molecule has 0 radical (unpaired) electrons. The van der Waals surface area contributed by atoms with E-state index < -0.39 is 0 Å². The topological polar surface area (TPSA) is 37.9 Å². The van der Waals surface area contributed by atoms with Crippen molar-refractivity contribution in [2.75, 3.05) is 0 Å². The molecule has 1 N–H and O–H groups in total. The SMILES string of the molecule is CC(C)(C)c1cc(CNC(=O)[C@H](CCc2ccccc2)n2cc[n+](Cc3ccccc3)c2)cc(C(C)(C)C)c1. The Balaban J connectivity index is 1.54. The first kappa shape index (κ1) is 28.4. The minimum atomic E-state index is -0.296. The first-order valence-corrected chi connectivity index (χ1v) is 14.1. The van der Waals surface area contributed by atoms with Crippen LogP contribution in [-0.4, -0.2) is 10.5 Å². The molecule has 1 aromatic heterocycles. The van der Waals surface area contributed by atoms with E-state index in [2.05, 4.69) is 135 Å². The minimum absolute atomic E-state index is 0.0375. The number of hydrogen-bond acceptors (Lipinski definition) is 1. The summed E-state index contributed by atoms with van der Waals surface area (Å²) in [6, 6.07) is 27.3. The van der Waals surface area contributed by atoms with Gasteiger partial charge in [-0.05, 0) is 45.1 Å². The summed E-state index contributed by atoms with van der Waals surface area (Å²) in [5.41, 5.74) is 6.30. The van der Waals surface area contributed by atoms with Crippen molar-refractivity contribution < 1.29 is 9.36 Å². The van der Waals surface area contributed by atoms with E-state index >= 15 is 0 Å². The summed E-state index contributed by atoms with van der Waals surface area (Å²) in [6.07, 6.45) is 7.70. The molecule has 0 saturated carbocycles. The second kappa shape index (κ2) is 12.0. The Labute approximate surface area is 234 Å². The Hall–Kier alpha value is -3.66. The molecule has 0 fully saturated rings. The normalized spacial score (nSPS) is 12.8. The highest BCUT2D eigenvalue weighted by Gasteiger charge is 2.26. The molecule has 1 amide bonds. The fraction of sp³-hybridized carbons (Fsp3) is 0.371. The maximum absolute atomic E-state index is 13.7. The zero-order chi connectivity index (χ0) is 28.0. The van der Waals surface area contributed by atoms with Crippen LogP contribution in [0.25, 0.3) is 0 Å². The molecule has 0 spiro atoms. The molecule has 4 heteroatoms. The van der Waals surface area contributed by atoms with Gasteiger partial charge in [-0.2, -0.15) is 0 Å². The predicted molar refractivity (Wildman–Crippen MR) is 160 cm³/mol. The number of amides is 1. The lowest BCUT2D eigenvalue weighted by molar-refractivity contribution is -0.687. The van der Waals surface area contributed by atoms with Crippen LogP contribution >= 0.6 is 0 Å². The number of carbonyl (C=O) groups excluding carboxylic acids is 1. The van der Waals surface area contributed by atoms with Gasteiger partial charge in [0.2, 0.25) is 6.33 Å². The molecule has 3 aromatic carbocycles. The number of hydrogen-bond donors (Lipinski definition) is 1. The van der Waals surface area contributed by atoms with E-state index in [0.717, 1.165) is 24.9 Å². The highest BCUT2D eigenvalue weighted by molar-refractivity contribution is 5.80. The third-order valence-corrected chi connectivity index (χ3v) is 7.32. The van der Waals surface area contributed by atoms with Crippen LogP contribution in [0.3, 0.4) is 0 Å². The number of benzene rings is 3. The average molecular weight is 523 g/mol. The number of imidazole rings is 1. The van der Waals surface area contributed by atoms with Gasteiger partial charge >= 0.3 is 0 Å². The van der Waals surface area contributed by atoms with Crippen LogP contribution < -0.4 is 9.88 Å². The van der Waals surface area contributed by atoms with Crippen molar-refractivity contribution in [3.8, 4) is 0 Å². The number of nitrogens with zero attached hydrogens (tertiary/aromatic N) is 2. The second-order valence-electron chi connectivity index (χ2n) is 12.7. The molecule has 1 heterocycles. The molecular formula is C35H44N3O+. The van der Waals surface area contributed by atoms with Gasteiger partial charge < -0.3 is 5.32 Å².